The van der Waals surface area contributed by atoms with E-state index in [2.05, 4.69) is 4.74 Å². The SMILES string of the molecule is COC(=O)[C@]1(F)CCN(C(=O)CCc2cccc(OC)c2F)C1. The lowest BCUT2D eigenvalue weighted by molar-refractivity contribution is -0.154. The quantitative estimate of drug-likeness (QED) is 0.775. The molecule has 7 heteroatoms. The highest BCUT2D eigenvalue weighted by molar-refractivity contribution is 5.83. The summed E-state index contributed by atoms with van der Waals surface area (Å²) < 4.78 is 37.6. The van der Waals surface area contributed by atoms with Gasteiger partial charge >= 0.3 is 5.97 Å². The molecule has 5 nitrogen and oxygen atoms in total. The number of hydrogen-bond donors (Lipinski definition) is 0. The third-order valence-corrected chi connectivity index (χ3v) is 3.99. The lowest BCUT2D eigenvalue weighted by atomic mass is 10.1. The zero-order chi connectivity index (χ0) is 17.0. The third-order valence-electron chi connectivity index (χ3n) is 3.99. The number of nitrogens with zero attached hydrogens (tertiary/aromatic N) is 1. The van der Waals surface area contributed by atoms with Gasteiger partial charge in [0.2, 0.25) is 11.6 Å². The fraction of sp³-hybridized carbons (Fsp3) is 0.500. The summed E-state index contributed by atoms with van der Waals surface area (Å²) in [4.78, 5) is 24.8. The highest BCUT2D eigenvalue weighted by Crippen LogP contribution is 2.28. The number of methoxy groups -OCH3 is 2. The summed E-state index contributed by atoms with van der Waals surface area (Å²) in [6.07, 6.45) is 0.121. The van der Waals surface area contributed by atoms with Crippen molar-refractivity contribution in [3.05, 3.63) is 29.6 Å². The van der Waals surface area contributed by atoms with E-state index in [1.54, 1.807) is 12.1 Å². The number of ether oxygens (including phenoxy) is 2. The fourth-order valence-corrected chi connectivity index (χ4v) is 2.64. The van der Waals surface area contributed by atoms with Crippen LogP contribution in [0.1, 0.15) is 18.4 Å². The van der Waals surface area contributed by atoms with Gasteiger partial charge in [0.25, 0.3) is 0 Å². The van der Waals surface area contributed by atoms with Crippen LogP contribution >= 0.6 is 0 Å². The molecule has 1 aromatic carbocycles. The van der Waals surface area contributed by atoms with Gasteiger partial charge in [-0.15, -0.1) is 0 Å². The van der Waals surface area contributed by atoms with Gasteiger partial charge in [0, 0.05) is 19.4 Å². The van der Waals surface area contributed by atoms with Crippen LogP contribution in [0.4, 0.5) is 8.78 Å². The normalized spacial score (nSPS) is 20.4. The molecule has 1 heterocycles. The molecule has 0 saturated carbocycles. The van der Waals surface area contributed by atoms with E-state index in [9.17, 15) is 18.4 Å². The van der Waals surface area contributed by atoms with Gasteiger partial charge in [0.15, 0.2) is 11.6 Å². The first-order valence-electron chi connectivity index (χ1n) is 7.28. The maximum Gasteiger partial charge on any atom is 0.345 e. The molecule has 1 saturated heterocycles. The highest BCUT2D eigenvalue weighted by atomic mass is 19.1. The Morgan fingerprint density at radius 3 is 2.74 bits per heavy atom. The van der Waals surface area contributed by atoms with Crippen LogP contribution in [0.3, 0.4) is 0 Å². The zero-order valence-corrected chi connectivity index (χ0v) is 13.1. The molecule has 0 unspecified atom stereocenters. The molecule has 1 atom stereocenters. The predicted molar refractivity (Wildman–Crippen MR) is 78.3 cm³/mol. The number of aryl methyl sites for hydroxylation is 1. The lowest BCUT2D eigenvalue weighted by Gasteiger charge is -2.19. The van der Waals surface area contributed by atoms with Crippen LogP contribution in [0.5, 0.6) is 5.75 Å². The first-order valence-corrected chi connectivity index (χ1v) is 7.28. The number of hydrogen-bond acceptors (Lipinski definition) is 4. The van der Waals surface area contributed by atoms with Gasteiger partial charge in [-0.05, 0) is 18.1 Å². The number of carbonyl (C=O) groups excluding carboxylic acids is 2. The molecule has 0 aliphatic carbocycles. The molecule has 2 rings (SSSR count). The van der Waals surface area contributed by atoms with Gasteiger partial charge < -0.3 is 14.4 Å². The van der Waals surface area contributed by atoms with E-state index < -0.39 is 17.5 Å². The van der Waals surface area contributed by atoms with Crippen LogP contribution < -0.4 is 4.74 Å². The number of carbonyl (C=O) groups is 2. The number of alkyl halides is 1. The van der Waals surface area contributed by atoms with Crippen LogP contribution in [-0.2, 0) is 20.7 Å². The van der Waals surface area contributed by atoms with Gasteiger partial charge in [-0.25, -0.2) is 13.6 Å². The third kappa shape index (κ3) is 3.60. The molecule has 1 fully saturated rings. The van der Waals surface area contributed by atoms with Crippen LogP contribution in [0.15, 0.2) is 18.2 Å². The molecule has 0 bridgehead atoms. The first kappa shape index (κ1) is 17.2. The molecule has 1 amide bonds. The minimum Gasteiger partial charge on any atom is -0.494 e. The van der Waals surface area contributed by atoms with Crippen molar-refractivity contribution in [2.24, 2.45) is 0 Å². The van der Waals surface area contributed by atoms with Gasteiger partial charge in [-0.1, -0.05) is 12.1 Å². The number of benzene rings is 1. The minimum atomic E-state index is -2.15. The highest BCUT2D eigenvalue weighted by Gasteiger charge is 2.47. The maximum atomic E-state index is 14.3. The molecule has 1 aliphatic heterocycles. The summed E-state index contributed by atoms with van der Waals surface area (Å²) in [6, 6.07) is 4.71. The van der Waals surface area contributed by atoms with Crippen LogP contribution in [-0.4, -0.2) is 49.8 Å². The Hall–Kier alpha value is -2.18. The maximum absolute atomic E-state index is 14.3. The van der Waals surface area contributed by atoms with E-state index in [0.29, 0.717) is 5.56 Å². The Morgan fingerprint density at radius 2 is 2.09 bits per heavy atom. The molecule has 0 radical (unpaired) electrons. The second kappa shape index (κ2) is 6.93. The van der Waals surface area contributed by atoms with E-state index in [1.807, 2.05) is 0 Å². The molecular formula is C16H19F2NO4. The van der Waals surface area contributed by atoms with Crippen molar-refractivity contribution in [2.45, 2.75) is 24.9 Å². The summed E-state index contributed by atoms with van der Waals surface area (Å²) in [5, 5.41) is 0. The van der Waals surface area contributed by atoms with E-state index in [1.165, 1.54) is 18.1 Å². The van der Waals surface area contributed by atoms with Crippen molar-refractivity contribution in [1.82, 2.24) is 4.90 Å². The Balaban J connectivity index is 1.95. The first-order chi connectivity index (χ1) is 10.9. The summed E-state index contributed by atoms with van der Waals surface area (Å²) >= 11 is 0. The van der Waals surface area contributed by atoms with Crippen molar-refractivity contribution in [1.29, 1.82) is 0 Å². The summed E-state index contributed by atoms with van der Waals surface area (Å²) in [7, 11) is 2.48. The molecule has 1 aromatic rings. The lowest BCUT2D eigenvalue weighted by Crippen LogP contribution is -2.39. The molecule has 1 aliphatic rings. The van der Waals surface area contributed by atoms with Crippen LogP contribution in [0.25, 0.3) is 0 Å². The van der Waals surface area contributed by atoms with Crippen LogP contribution in [0.2, 0.25) is 0 Å². The largest absolute Gasteiger partial charge is 0.494 e. The van der Waals surface area contributed by atoms with Crippen LogP contribution in [0, 0.1) is 5.82 Å². The molecule has 126 valence electrons. The van der Waals surface area contributed by atoms with E-state index >= 15 is 0 Å². The van der Waals surface area contributed by atoms with Gasteiger partial charge in [0.1, 0.15) is 0 Å². The fourth-order valence-electron chi connectivity index (χ4n) is 2.64. The second-order valence-electron chi connectivity index (χ2n) is 5.46. The number of esters is 1. The molecule has 0 spiro atoms. The number of rotatable bonds is 5. The van der Waals surface area contributed by atoms with Crippen molar-refractivity contribution < 1.29 is 27.8 Å². The number of amides is 1. The van der Waals surface area contributed by atoms with Crippen molar-refractivity contribution in [3.8, 4) is 5.75 Å². The Kier molecular flexibility index (Phi) is 5.18. The summed E-state index contributed by atoms with van der Waals surface area (Å²) in [6.45, 7) is -0.176. The Morgan fingerprint density at radius 1 is 1.35 bits per heavy atom. The zero-order valence-electron chi connectivity index (χ0n) is 13.1. The molecule has 0 N–H and O–H groups in total. The van der Waals surface area contributed by atoms with E-state index in [0.717, 1.165) is 7.11 Å². The average molecular weight is 327 g/mol. The topological polar surface area (TPSA) is 55.8 Å². The second-order valence-corrected chi connectivity index (χ2v) is 5.46. The molecular weight excluding hydrogens is 308 g/mol. The molecule has 0 aromatic heterocycles. The molecule has 23 heavy (non-hydrogen) atoms. The van der Waals surface area contributed by atoms with E-state index in [4.69, 9.17) is 4.74 Å². The van der Waals surface area contributed by atoms with Gasteiger partial charge in [-0.2, -0.15) is 0 Å². The standard InChI is InChI=1S/C16H19F2NO4/c1-22-12-5-3-4-11(14(12)17)6-7-13(20)19-9-8-16(18,10-19)15(21)23-2/h3-5H,6-10H2,1-2H3/t16-/m0/s1. The Bertz CT molecular complexity index is 608. The van der Waals surface area contributed by atoms with Crippen molar-refractivity contribution in [2.75, 3.05) is 27.3 Å². The van der Waals surface area contributed by atoms with Crippen molar-refractivity contribution >= 4 is 11.9 Å². The summed E-state index contributed by atoms with van der Waals surface area (Å²) in [5.74, 6) is -1.68. The minimum absolute atomic E-state index is 0.0291. The summed E-state index contributed by atoms with van der Waals surface area (Å²) in [5.41, 5.74) is -1.79. The smallest absolute Gasteiger partial charge is 0.345 e. The number of halogens is 2. The monoisotopic (exact) mass is 327 g/mol. The average Bonchev–Trinajstić information content (AvgIpc) is 2.96. The predicted octanol–water partition coefficient (Wildman–Crippen LogP) is 1.88. The number of likely N-dealkylation sites (tertiary alicyclic amines) is 1. The van der Waals surface area contributed by atoms with Gasteiger partial charge in [-0.3, -0.25) is 4.79 Å². The van der Waals surface area contributed by atoms with Gasteiger partial charge in [0.05, 0.1) is 20.8 Å². The van der Waals surface area contributed by atoms with E-state index in [-0.39, 0.29) is 44.0 Å². The Labute approximate surface area is 133 Å². The van der Waals surface area contributed by atoms with Crippen molar-refractivity contribution in [3.63, 3.8) is 0 Å².